The smallest absolute Gasteiger partial charge is 0.0406 e. The Morgan fingerprint density at radius 1 is 1.00 bits per heavy atom. The highest BCUT2D eigenvalue weighted by molar-refractivity contribution is 7.99. The first-order valence-electron chi connectivity index (χ1n) is 4.94. The Labute approximate surface area is 105 Å². The number of rotatable bonds is 2. The molecular weight excluding hydrogens is 238 g/mol. The van der Waals surface area contributed by atoms with E-state index in [-0.39, 0.29) is 0 Å². The predicted octanol–water partition coefficient (Wildman–Crippen LogP) is 4.38. The highest BCUT2D eigenvalue weighted by Gasteiger charge is 1.99. The monoisotopic (exact) mass is 249 g/mol. The number of halogens is 1. The van der Waals surface area contributed by atoms with E-state index >= 15 is 0 Å². The molecule has 0 aliphatic carbocycles. The van der Waals surface area contributed by atoms with Crippen LogP contribution < -0.4 is 5.73 Å². The van der Waals surface area contributed by atoms with Crippen molar-refractivity contribution in [3.63, 3.8) is 0 Å². The topological polar surface area (TPSA) is 26.0 Å². The number of aryl methyl sites for hydroxylation is 1. The Bertz CT molecular complexity index is 474. The van der Waals surface area contributed by atoms with Crippen LogP contribution in [0.3, 0.4) is 0 Å². The summed E-state index contributed by atoms with van der Waals surface area (Å²) in [5.74, 6) is 0. The third kappa shape index (κ3) is 2.94. The number of benzene rings is 2. The highest BCUT2D eigenvalue weighted by atomic mass is 35.5. The van der Waals surface area contributed by atoms with Crippen molar-refractivity contribution in [3.8, 4) is 0 Å². The zero-order chi connectivity index (χ0) is 11.5. The second-order valence-electron chi connectivity index (χ2n) is 3.64. The number of hydrogen-bond acceptors (Lipinski definition) is 2. The number of anilines is 1. The summed E-state index contributed by atoms with van der Waals surface area (Å²) in [6.45, 7) is 2.04. The van der Waals surface area contributed by atoms with Gasteiger partial charge in [-0.1, -0.05) is 23.4 Å². The molecule has 0 amide bonds. The summed E-state index contributed by atoms with van der Waals surface area (Å²) >= 11 is 7.52. The molecule has 0 aromatic heterocycles. The van der Waals surface area contributed by atoms with Gasteiger partial charge in [0.25, 0.3) is 0 Å². The van der Waals surface area contributed by atoms with Crippen LogP contribution in [-0.2, 0) is 0 Å². The van der Waals surface area contributed by atoms with E-state index in [1.807, 2.05) is 43.3 Å². The lowest BCUT2D eigenvalue weighted by Gasteiger charge is -2.04. The molecule has 16 heavy (non-hydrogen) atoms. The fourth-order valence-electron chi connectivity index (χ4n) is 1.47. The maximum atomic E-state index is 5.84. The van der Waals surface area contributed by atoms with E-state index in [9.17, 15) is 0 Å². The van der Waals surface area contributed by atoms with Gasteiger partial charge in [-0.05, 0) is 55.0 Å². The lowest BCUT2D eigenvalue weighted by atomic mass is 10.2. The second-order valence-corrected chi connectivity index (χ2v) is 5.22. The van der Waals surface area contributed by atoms with E-state index in [0.717, 1.165) is 20.5 Å². The first-order valence-corrected chi connectivity index (χ1v) is 6.13. The standard InChI is InChI=1S/C13H12ClNS/c1-9-6-11(15)8-13(7-9)16-12-4-2-10(14)3-5-12/h2-8H,15H2,1H3. The van der Waals surface area contributed by atoms with E-state index in [0.29, 0.717) is 0 Å². The normalized spacial score (nSPS) is 10.4. The van der Waals surface area contributed by atoms with Crippen LogP contribution in [0.1, 0.15) is 5.56 Å². The van der Waals surface area contributed by atoms with E-state index in [2.05, 4.69) is 6.07 Å². The Morgan fingerprint density at radius 2 is 1.69 bits per heavy atom. The Hall–Kier alpha value is -1.12. The van der Waals surface area contributed by atoms with Crippen molar-refractivity contribution in [2.24, 2.45) is 0 Å². The summed E-state index contributed by atoms with van der Waals surface area (Å²) in [7, 11) is 0. The minimum atomic E-state index is 0.758. The molecular formula is C13H12ClNS. The summed E-state index contributed by atoms with van der Waals surface area (Å²) in [6.07, 6.45) is 0. The van der Waals surface area contributed by atoms with Gasteiger partial charge in [0.05, 0.1) is 0 Å². The van der Waals surface area contributed by atoms with Gasteiger partial charge < -0.3 is 5.73 Å². The average molecular weight is 250 g/mol. The lowest BCUT2D eigenvalue weighted by Crippen LogP contribution is -1.86. The molecule has 1 nitrogen and oxygen atoms in total. The first-order chi connectivity index (χ1) is 7.63. The first kappa shape index (κ1) is 11.4. The fraction of sp³-hybridized carbons (Fsp3) is 0.0769. The van der Waals surface area contributed by atoms with Crippen LogP contribution in [0.4, 0.5) is 5.69 Å². The van der Waals surface area contributed by atoms with Gasteiger partial charge in [-0.2, -0.15) is 0 Å². The molecule has 0 aliphatic rings. The number of nitrogens with two attached hydrogens (primary N) is 1. The SMILES string of the molecule is Cc1cc(N)cc(Sc2ccc(Cl)cc2)c1. The molecule has 2 aromatic rings. The van der Waals surface area contributed by atoms with Gasteiger partial charge in [-0.3, -0.25) is 0 Å². The molecule has 0 atom stereocenters. The van der Waals surface area contributed by atoms with Crippen LogP contribution >= 0.6 is 23.4 Å². The van der Waals surface area contributed by atoms with Gasteiger partial charge in [-0.15, -0.1) is 0 Å². The van der Waals surface area contributed by atoms with Crippen LogP contribution in [0.2, 0.25) is 5.02 Å². The van der Waals surface area contributed by atoms with Gasteiger partial charge in [0.1, 0.15) is 0 Å². The third-order valence-electron chi connectivity index (χ3n) is 2.12. The number of nitrogen functional groups attached to an aromatic ring is 1. The molecule has 0 aliphatic heterocycles. The van der Waals surface area contributed by atoms with Gasteiger partial charge in [0, 0.05) is 20.5 Å². The van der Waals surface area contributed by atoms with Crippen molar-refractivity contribution < 1.29 is 0 Å². The van der Waals surface area contributed by atoms with Crippen molar-refractivity contribution in [2.45, 2.75) is 16.7 Å². The number of hydrogen-bond donors (Lipinski definition) is 1. The quantitative estimate of drug-likeness (QED) is 0.800. The van der Waals surface area contributed by atoms with E-state index in [1.165, 1.54) is 5.56 Å². The van der Waals surface area contributed by atoms with Crippen molar-refractivity contribution in [1.82, 2.24) is 0 Å². The van der Waals surface area contributed by atoms with Crippen LogP contribution in [-0.4, -0.2) is 0 Å². The van der Waals surface area contributed by atoms with Gasteiger partial charge >= 0.3 is 0 Å². The van der Waals surface area contributed by atoms with Crippen molar-refractivity contribution in [2.75, 3.05) is 5.73 Å². The predicted molar refractivity (Wildman–Crippen MR) is 71.2 cm³/mol. The molecule has 82 valence electrons. The average Bonchev–Trinajstić information content (AvgIpc) is 2.20. The fourth-order valence-corrected chi connectivity index (χ4v) is 2.58. The van der Waals surface area contributed by atoms with Crippen LogP contribution in [0, 0.1) is 6.92 Å². The summed E-state index contributed by atoms with van der Waals surface area (Å²) in [4.78, 5) is 2.31. The molecule has 0 bridgehead atoms. The molecule has 0 heterocycles. The van der Waals surface area contributed by atoms with Crippen LogP contribution in [0.5, 0.6) is 0 Å². The highest BCUT2D eigenvalue weighted by Crippen LogP contribution is 2.30. The maximum absolute atomic E-state index is 5.84. The molecule has 0 radical (unpaired) electrons. The Kier molecular flexibility index (Phi) is 3.42. The van der Waals surface area contributed by atoms with E-state index < -0.39 is 0 Å². The third-order valence-corrected chi connectivity index (χ3v) is 3.35. The summed E-state index contributed by atoms with van der Waals surface area (Å²) in [6, 6.07) is 13.9. The molecule has 2 rings (SSSR count). The van der Waals surface area contributed by atoms with Crippen molar-refractivity contribution in [1.29, 1.82) is 0 Å². The van der Waals surface area contributed by atoms with Gasteiger partial charge in [-0.25, -0.2) is 0 Å². The van der Waals surface area contributed by atoms with Gasteiger partial charge in [0.15, 0.2) is 0 Å². The molecule has 0 fully saturated rings. The lowest BCUT2D eigenvalue weighted by molar-refractivity contribution is 1.35. The molecule has 2 aromatic carbocycles. The minimum absolute atomic E-state index is 0.758. The van der Waals surface area contributed by atoms with Gasteiger partial charge in [0.2, 0.25) is 0 Å². The second kappa shape index (κ2) is 4.81. The van der Waals surface area contributed by atoms with Crippen LogP contribution in [0.25, 0.3) is 0 Å². The van der Waals surface area contributed by atoms with E-state index in [1.54, 1.807) is 11.8 Å². The molecule has 0 spiro atoms. The maximum Gasteiger partial charge on any atom is 0.0406 e. The van der Waals surface area contributed by atoms with Crippen molar-refractivity contribution in [3.05, 3.63) is 53.1 Å². The summed E-state index contributed by atoms with van der Waals surface area (Å²) in [5.41, 5.74) is 7.78. The molecule has 2 N–H and O–H groups in total. The molecule has 3 heteroatoms. The summed E-state index contributed by atoms with van der Waals surface area (Å²) < 4.78 is 0. The largest absolute Gasteiger partial charge is 0.399 e. The Balaban J connectivity index is 2.23. The molecule has 0 saturated carbocycles. The zero-order valence-electron chi connectivity index (χ0n) is 8.91. The van der Waals surface area contributed by atoms with Crippen molar-refractivity contribution >= 4 is 29.1 Å². The molecule has 0 saturated heterocycles. The van der Waals surface area contributed by atoms with Crippen LogP contribution in [0.15, 0.2) is 52.3 Å². The summed E-state index contributed by atoms with van der Waals surface area (Å²) in [5, 5.41) is 0.758. The Morgan fingerprint density at radius 3 is 2.31 bits per heavy atom. The minimum Gasteiger partial charge on any atom is -0.399 e. The molecule has 0 unspecified atom stereocenters. The van der Waals surface area contributed by atoms with E-state index in [4.69, 9.17) is 17.3 Å². The zero-order valence-corrected chi connectivity index (χ0v) is 10.5.